The van der Waals surface area contributed by atoms with E-state index in [0.29, 0.717) is 19.3 Å². The maximum atomic E-state index is 13.1. The Morgan fingerprint density at radius 3 is 2.17 bits per heavy atom. The second-order valence-electron chi connectivity index (χ2n) is 17.8. The summed E-state index contributed by atoms with van der Waals surface area (Å²) in [4.78, 5) is 29.5. The van der Waals surface area contributed by atoms with E-state index in [0.717, 1.165) is 12.7 Å². The molecule has 0 aromatic carbocycles. The molecule has 0 amide bonds. The number of carbonyl (C=O) groups excluding carboxylic acids is 2. The molecule has 0 radical (unpaired) electrons. The third kappa shape index (κ3) is 13.3. The van der Waals surface area contributed by atoms with Gasteiger partial charge in [-0.15, -0.1) is 0 Å². The number of cyclic esters (lactones) is 1. The Labute approximate surface area is 351 Å². The van der Waals surface area contributed by atoms with Gasteiger partial charge in [-0.2, -0.15) is 0 Å². The summed E-state index contributed by atoms with van der Waals surface area (Å²) in [5.41, 5.74) is -1.47. The normalized spacial score (nSPS) is 44.7. The number of aliphatic hydroxyl groups is 4. The summed E-state index contributed by atoms with van der Waals surface area (Å²) in [7, 11) is 9.03. The number of methoxy groups -OCH3 is 1. The predicted molar refractivity (Wildman–Crippen MR) is 217 cm³/mol. The molecule has 16 heteroatoms. The fraction of sp³-hybridized carbons (Fsp3) is 0.860. The lowest BCUT2D eigenvalue weighted by molar-refractivity contribution is -0.344. The summed E-state index contributed by atoms with van der Waals surface area (Å²) in [5, 5.41) is 45.1. The first-order valence-electron chi connectivity index (χ1n) is 21.3. The fourth-order valence-electron chi connectivity index (χ4n) is 9.10. The fourth-order valence-corrected chi connectivity index (χ4v) is 9.10. The Bertz CT molecular complexity index is 1370. The van der Waals surface area contributed by atoms with Gasteiger partial charge in [-0.1, -0.05) is 31.2 Å². The number of likely N-dealkylation sites (N-methyl/N-ethyl adjacent to an activating group) is 2. The molecule has 19 atom stereocenters. The van der Waals surface area contributed by atoms with E-state index in [1.807, 2.05) is 52.2 Å². The van der Waals surface area contributed by atoms with Gasteiger partial charge in [-0.25, -0.2) is 0 Å². The number of rotatable bonds is 11. The second-order valence-corrected chi connectivity index (χ2v) is 17.8. The molecule has 4 aliphatic heterocycles. The van der Waals surface area contributed by atoms with Crippen molar-refractivity contribution in [3.05, 3.63) is 24.3 Å². The minimum Gasteiger partial charge on any atom is -0.462 e. The summed E-state index contributed by atoms with van der Waals surface area (Å²) in [5.74, 6) is -1.47. The highest BCUT2D eigenvalue weighted by molar-refractivity contribution is 5.70. The van der Waals surface area contributed by atoms with Crippen molar-refractivity contribution < 1.29 is 67.9 Å². The van der Waals surface area contributed by atoms with Gasteiger partial charge in [0.1, 0.15) is 36.8 Å². The molecule has 4 aliphatic rings. The molecule has 4 N–H and O–H groups in total. The molecular formula is C43H74N2O14. The zero-order chi connectivity index (χ0) is 43.8. The minimum atomic E-state index is -1.47. The van der Waals surface area contributed by atoms with Crippen LogP contribution in [-0.2, 0) is 47.5 Å². The first-order valence-corrected chi connectivity index (χ1v) is 21.3. The van der Waals surface area contributed by atoms with Gasteiger partial charge < -0.3 is 72.9 Å². The average Bonchev–Trinajstić information content (AvgIpc) is 3.13. The van der Waals surface area contributed by atoms with Gasteiger partial charge in [0, 0.05) is 32.4 Å². The Morgan fingerprint density at radius 2 is 1.56 bits per heavy atom. The van der Waals surface area contributed by atoms with Crippen molar-refractivity contribution >= 4 is 12.3 Å². The van der Waals surface area contributed by atoms with Crippen molar-refractivity contribution in [2.45, 2.75) is 190 Å². The van der Waals surface area contributed by atoms with Crippen LogP contribution in [0.2, 0.25) is 0 Å². The van der Waals surface area contributed by atoms with Crippen LogP contribution in [0.5, 0.6) is 0 Å². The van der Waals surface area contributed by atoms with E-state index in [2.05, 4.69) is 4.90 Å². The van der Waals surface area contributed by atoms with E-state index >= 15 is 0 Å². The number of allylic oxidation sites excluding steroid dienone is 2. The molecule has 0 spiro atoms. The lowest BCUT2D eigenvalue weighted by Gasteiger charge is -2.50. The molecule has 4 heterocycles. The highest BCUT2D eigenvalue weighted by Crippen LogP contribution is 2.37. The molecule has 0 aromatic heterocycles. The molecule has 4 rings (SSSR count). The topological polar surface area (TPSA) is 195 Å². The molecule has 59 heavy (non-hydrogen) atoms. The second kappa shape index (κ2) is 22.5. The zero-order valence-corrected chi connectivity index (χ0v) is 37.0. The van der Waals surface area contributed by atoms with Crippen molar-refractivity contribution in [3.8, 4) is 0 Å². The number of hydrogen-bond donors (Lipinski definition) is 4. The quantitative estimate of drug-likeness (QED) is 0.175. The van der Waals surface area contributed by atoms with Crippen LogP contribution in [0.4, 0.5) is 0 Å². The average molecular weight is 843 g/mol. The lowest BCUT2D eigenvalue weighted by atomic mass is 9.82. The van der Waals surface area contributed by atoms with Crippen LogP contribution in [0.3, 0.4) is 0 Å². The van der Waals surface area contributed by atoms with Crippen molar-refractivity contribution in [1.29, 1.82) is 0 Å². The number of aliphatic hydroxyl groups excluding tert-OH is 3. The van der Waals surface area contributed by atoms with Crippen molar-refractivity contribution in [3.63, 3.8) is 0 Å². The van der Waals surface area contributed by atoms with Crippen LogP contribution in [0.1, 0.15) is 86.5 Å². The number of carbonyl (C=O) groups is 2. The number of aldehydes is 1. The predicted octanol–water partition coefficient (Wildman–Crippen LogP) is 2.33. The standard InChI is InChI=1S/C43H74N2O14/c1-24-21-29(19-20-46)39(59-42-37(49)36(45(9)10)38(27(4)56-42)58-35-23-43(6,51)41(50)28(5)55-35)40(52-11)31(47)22-33(48)53-25(2)15-13-12-14-16-32(24)57-34-18-17-30(44(7)8)26(3)54-34/h12-14,16,20,24-32,34-42,47,49-51H,15,17-19,21-23H2,1-11H3/t24-,25+,26-,27-,28+,29+,30+,31-,32+,34+,35+,36-,37-,38-,39+,40+,41-,42+,43-/m1/s1. The maximum absolute atomic E-state index is 13.1. The van der Waals surface area contributed by atoms with E-state index in [1.165, 1.54) is 14.0 Å². The van der Waals surface area contributed by atoms with E-state index in [9.17, 15) is 30.0 Å². The zero-order valence-electron chi connectivity index (χ0n) is 37.0. The maximum Gasteiger partial charge on any atom is 0.308 e. The molecule has 3 saturated heterocycles. The number of hydrogen-bond acceptors (Lipinski definition) is 16. The molecule has 0 saturated carbocycles. The van der Waals surface area contributed by atoms with Gasteiger partial charge in [-0.05, 0) is 93.9 Å². The first-order chi connectivity index (χ1) is 27.8. The largest absolute Gasteiger partial charge is 0.462 e. The summed E-state index contributed by atoms with van der Waals surface area (Å²) in [6, 6.07) is -0.466. The van der Waals surface area contributed by atoms with Crippen LogP contribution in [0.15, 0.2) is 24.3 Å². The molecule has 0 aromatic rings. The first kappa shape index (κ1) is 49.8. The Hall–Kier alpha value is -1.90. The summed E-state index contributed by atoms with van der Waals surface area (Å²) in [6.07, 6.45) is -1.56. The number of nitrogens with zero attached hydrogens (tertiary/aromatic N) is 2. The Balaban J connectivity index is 1.66. The van der Waals surface area contributed by atoms with Crippen LogP contribution >= 0.6 is 0 Å². The van der Waals surface area contributed by atoms with Gasteiger partial charge in [-0.3, -0.25) is 4.79 Å². The number of esters is 1. The molecule has 16 nitrogen and oxygen atoms in total. The molecule has 0 aliphatic carbocycles. The highest BCUT2D eigenvalue weighted by atomic mass is 16.7. The third-order valence-corrected chi connectivity index (χ3v) is 12.4. The molecular weight excluding hydrogens is 768 g/mol. The van der Waals surface area contributed by atoms with Gasteiger partial charge in [0.15, 0.2) is 18.9 Å². The Morgan fingerprint density at radius 1 is 0.864 bits per heavy atom. The lowest BCUT2D eigenvalue weighted by Crippen LogP contribution is -2.65. The summed E-state index contributed by atoms with van der Waals surface area (Å²) in [6.45, 7) is 10.8. The van der Waals surface area contributed by atoms with E-state index < -0.39 is 110 Å². The van der Waals surface area contributed by atoms with E-state index in [-0.39, 0.29) is 30.9 Å². The van der Waals surface area contributed by atoms with E-state index in [4.69, 9.17) is 37.9 Å². The summed E-state index contributed by atoms with van der Waals surface area (Å²) >= 11 is 0. The SMILES string of the molecule is CO[C@@H]1[C@@H](O[C@@H]2O[C@H](C)[C@@H](O[C@H]3C[C@@](C)(O)[C@H](O)[C@H](C)O3)[C@H](N(C)C)[C@H]2O)[C@@H](CC=O)C[C@@H](C)[C@@H](O[C@H]2CC[C@H](N(C)C)[C@@H](C)O2)C=CC=CC[C@H](C)OC(=O)C[C@H]1O. The third-order valence-electron chi connectivity index (χ3n) is 12.4. The number of ether oxygens (including phenoxy) is 8. The van der Waals surface area contributed by atoms with Gasteiger partial charge >= 0.3 is 5.97 Å². The van der Waals surface area contributed by atoms with Crippen LogP contribution < -0.4 is 0 Å². The molecule has 3 fully saturated rings. The van der Waals surface area contributed by atoms with Crippen LogP contribution in [-0.4, -0.2) is 181 Å². The van der Waals surface area contributed by atoms with Crippen LogP contribution in [0, 0.1) is 11.8 Å². The van der Waals surface area contributed by atoms with Crippen molar-refractivity contribution in [1.82, 2.24) is 9.80 Å². The van der Waals surface area contributed by atoms with E-state index in [1.54, 1.807) is 39.8 Å². The monoisotopic (exact) mass is 843 g/mol. The summed E-state index contributed by atoms with van der Waals surface area (Å²) < 4.78 is 50.0. The van der Waals surface area contributed by atoms with Gasteiger partial charge in [0.25, 0.3) is 0 Å². The Kier molecular flexibility index (Phi) is 18.9. The van der Waals surface area contributed by atoms with Crippen LogP contribution in [0.25, 0.3) is 0 Å². The molecule has 340 valence electrons. The van der Waals surface area contributed by atoms with Crippen molar-refractivity contribution in [2.75, 3.05) is 35.3 Å². The van der Waals surface area contributed by atoms with Crippen molar-refractivity contribution in [2.24, 2.45) is 11.8 Å². The molecule has 0 bridgehead atoms. The van der Waals surface area contributed by atoms with Gasteiger partial charge in [0.2, 0.25) is 0 Å². The molecule has 0 unspecified atom stereocenters. The minimum absolute atomic E-state index is 0.00885. The smallest absolute Gasteiger partial charge is 0.308 e. The van der Waals surface area contributed by atoms with Gasteiger partial charge in [0.05, 0.1) is 54.7 Å². The highest BCUT2D eigenvalue weighted by Gasteiger charge is 2.52.